The minimum absolute atomic E-state index is 0.280. The molecule has 2 aromatic carbocycles. The Kier molecular flexibility index (Phi) is 4.74. The highest BCUT2D eigenvalue weighted by atomic mass is 16.5. The van der Waals surface area contributed by atoms with Gasteiger partial charge in [-0.25, -0.2) is 4.79 Å². The first-order chi connectivity index (χ1) is 13.9. The Morgan fingerprint density at radius 3 is 2.66 bits per heavy atom. The number of esters is 1. The van der Waals surface area contributed by atoms with Gasteiger partial charge in [0.2, 0.25) is 11.8 Å². The molecule has 29 heavy (non-hydrogen) atoms. The van der Waals surface area contributed by atoms with Gasteiger partial charge in [-0.2, -0.15) is 0 Å². The van der Waals surface area contributed by atoms with E-state index in [-0.39, 0.29) is 11.8 Å². The summed E-state index contributed by atoms with van der Waals surface area (Å²) in [6.07, 6.45) is 0.510. The van der Waals surface area contributed by atoms with Crippen LogP contribution in [0.15, 0.2) is 48.5 Å². The fourth-order valence-electron chi connectivity index (χ4n) is 4.01. The number of nitrogens with one attached hydrogen (secondary N) is 2. The molecule has 2 N–H and O–H groups in total. The van der Waals surface area contributed by atoms with Crippen molar-refractivity contribution >= 4 is 23.5 Å². The van der Waals surface area contributed by atoms with Crippen LogP contribution in [0, 0.1) is 5.92 Å². The first-order valence-electron chi connectivity index (χ1n) is 9.58. The zero-order chi connectivity index (χ0) is 20.6. The van der Waals surface area contributed by atoms with Crippen LogP contribution in [0.2, 0.25) is 0 Å². The third-order valence-corrected chi connectivity index (χ3v) is 5.28. The molecule has 0 aliphatic carbocycles. The van der Waals surface area contributed by atoms with Gasteiger partial charge in [0.25, 0.3) is 0 Å². The molecule has 0 unspecified atom stereocenters. The van der Waals surface area contributed by atoms with Gasteiger partial charge >= 0.3 is 5.97 Å². The third-order valence-electron chi connectivity index (χ3n) is 5.28. The minimum Gasteiger partial charge on any atom is -0.468 e. The van der Waals surface area contributed by atoms with Crippen molar-refractivity contribution in [3.05, 3.63) is 59.7 Å². The van der Waals surface area contributed by atoms with E-state index in [0.29, 0.717) is 30.0 Å². The number of ether oxygens (including phenoxy) is 2. The average molecular weight is 394 g/mol. The Balaban J connectivity index is 1.56. The number of amides is 2. The topological polar surface area (TPSA) is 93.7 Å². The maximum atomic E-state index is 13.0. The van der Waals surface area contributed by atoms with Crippen LogP contribution in [0.5, 0.6) is 5.75 Å². The van der Waals surface area contributed by atoms with Crippen molar-refractivity contribution in [1.29, 1.82) is 0 Å². The highest BCUT2D eigenvalue weighted by Crippen LogP contribution is 2.46. The van der Waals surface area contributed by atoms with E-state index in [0.717, 1.165) is 5.56 Å². The third kappa shape index (κ3) is 3.55. The highest BCUT2D eigenvalue weighted by molar-refractivity contribution is 6.08. The van der Waals surface area contributed by atoms with Crippen LogP contribution < -0.4 is 15.4 Å². The largest absolute Gasteiger partial charge is 0.468 e. The number of hydrogen-bond acceptors (Lipinski definition) is 5. The summed E-state index contributed by atoms with van der Waals surface area (Å²) in [6, 6.07) is 13.9. The first kappa shape index (κ1) is 19.0. The van der Waals surface area contributed by atoms with Crippen molar-refractivity contribution in [2.45, 2.75) is 31.9 Å². The Morgan fingerprint density at radius 1 is 1.21 bits per heavy atom. The van der Waals surface area contributed by atoms with Gasteiger partial charge in [-0.15, -0.1) is 0 Å². The van der Waals surface area contributed by atoms with Crippen molar-refractivity contribution in [1.82, 2.24) is 5.32 Å². The molecule has 2 heterocycles. The zero-order valence-corrected chi connectivity index (χ0v) is 16.2. The highest BCUT2D eigenvalue weighted by Gasteiger charge is 2.51. The minimum atomic E-state index is -0.877. The lowest BCUT2D eigenvalue weighted by Gasteiger charge is -2.46. The summed E-state index contributed by atoms with van der Waals surface area (Å²) in [6.45, 7) is 3.84. The SMILES string of the molecule is CCOC(=O)c1ccc(NC(=O)[C@H]2C(=O)N[C@@]3(C)C[C@H]2c2ccccc2O3)cc1. The van der Waals surface area contributed by atoms with Crippen LogP contribution in [0.3, 0.4) is 0 Å². The molecule has 1 fully saturated rings. The Hall–Kier alpha value is -3.35. The fourth-order valence-corrected chi connectivity index (χ4v) is 4.01. The number of anilines is 1. The van der Waals surface area contributed by atoms with E-state index in [1.807, 2.05) is 31.2 Å². The maximum absolute atomic E-state index is 13.0. The molecule has 2 aromatic rings. The molecule has 1 saturated heterocycles. The van der Waals surface area contributed by atoms with Crippen LogP contribution in [-0.2, 0) is 14.3 Å². The van der Waals surface area contributed by atoms with E-state index in [1.165, 1.54) is 0 Å². The van der Waals surface area contributed by atoms with Crippen molar-refractivity contribution in [3.8, 4) is 5.75 Å². The second kappa shape index (κ2) is 7.24. The predicted molar refractivity (Wildman–Crippen MR) is 105 cm³/mol. The average Bonchev–Trinajstić information content (AvgIpc) is 2.68. The maximum Gasteiger partial charge on any atom is 0.338 e. The number of carbonyl (C=O) groups excluding carboxylic acids is 3. The number of rotatable bonds is 4. The molecule has 2 amide bonds. The number of para-hydroxylation sites is 1. The molecule has 2 bridgehead atoms. The fraction of sp³-hybridized carbons (Fsp3) is 0.318. The van der Waals surface area contributed by atoms with Gasteiger partial charge in [0.15, 0.2) is 5.72 Å². The Morgan fingerprint density at radius 2 is 1.93 bits per heavy atom. The van der Waals surface area contributed by atoms with Gasteiger partial charge in [0.1, 0.15) is 11.7 Å². The number of piperidine rings is 1. The second-order valence-electron chi connectivity index (χ2n) is 7.44. The van der Waals surface area contributed by atoms with Crippen molar-refractivity contribution in [3.63, 3.8) is 0 Å². The Bertz CT molecular complexity index is 971. The van der Waals surface area contributed by atoms with Gasteiger partial charge in [0.05, 0.1) is 12.2 Å². The molecule has 7 heteroatoms. The molecule has 2 aliphatic rings. The van der Waals surface area contributed by atoms with Crippen molar-refractivity contribution in [2.75, 3.05) is 11.9 Å². The lowest BCUT2D eigenvalue weighted by molar-refractivity contribution is -0.145. The predicted octanol–water partition coefficient (Wildman–Crippen LogP) is 2.83. The van der Waals surface area contributed by atoms with E-state index in [1.54, 1.807) is 31.2 Å². The molecule has 0 aromatic heterocycles. The molecule has 2 aliphatic heterocycles. The van der Waals surface area contributed by atoms with E-state index < -0.39 is 23.5 Å². The molecule has 0 spiro atoms. The van der Waals surface area contributed by atoms with Crippen LogP contribution in [0.25, 0.3) is 0 Å². The summed E-state index contributed by atoms with van der Waals surface area (Å²) in [4.78, 5) is 37.5. The summed E-state index contributed by atoms with van der Waals surface area (Å²) in [7, 11) is 0. The molecule has 4 rings (SSSR count). The Labute approximate surface area is 168 Å². The van der Waals surface area contributed by atoms with Crippen molar-refractivity contribution < 1.29 is 23.9 Å². The normalized spacial score (nSPS) is 24.6. The zero-order valence-electron chi connectivity index (χ0n) is 16.2. The molecular formula is C22H22N2O5. The van der Waals surface area contributed by atoms with Gasteiger partial charge < -0.3 is 20.1 Å². The van der Waals surface area contributed by atoms with Crippen LogP contribution >= 0.6 is 0 Å². The monoisotopic (exact) mass is 394 g/mol. The van der Waals surface area contributed by atoms with Gasteiger partial charge in [-0.05, 0) is 49.7 Å². The van der Waals surface area contributed by atoms with Crippen LogP contribution in [0.1, 0.15) is 42.1 Å². The van der Waals surface area contributed by atoms with Crippen LogP contribution in [-0.4, -0.2) is 30.1 Å². The van der Waals surface area contributed by atoms with E-state index >= 15 is 0 Å². The summed E-state index contributed by atoms with van der Waals surface area (Å²) in [5.74, 6) is -1.65. The molecule has 7 nitrogen and oxygen atoms in total. The lowest BCUT2D eigenvalue weighted by Crippen LogP contribution is -2.62. The number of benzene rings is 2. The molecular weight excluding hydrogens is 372 g/mol. The molecule has 3 atom stereocenters. The van der Waals surface area contributed by atoms with Crippen LogP contribution in [0.4, 0.5) is 5.69 Å². The summed E-state index contributed by atoms with van der Waals surface area (Å²) >= 11 is 0. The quantitative estimate of drug-likeness (QED) is 0.614. The molecule has 0 radical (unpaired) electrons. The molecule has 0 saturated carbocycles. The van der Waals surface area contributed by atoms with Crippen molar-refractivity contribution in [2.24, 2.45) is 5.92 Å². The van der Waals surface area contributed by atoms with E-state index in [9.17, 15) is 14.4 Å². The van der Waals surface area contributed by atoms with E-state index in [4.69, 9.17) is 9.47 Å². The number of fused-ring (bicyclic) bond motifs is 4. The lowest BCUT2D eigenvalue weighted by atomic mass is 9.74. The number of carbonyl (C=O) groups is 3. The number of hydrogen-bond donors (Lipinski definition) is 2. The first-order valence-corrected chi connectivity index (χ1v) is 9.58. The smallest absolute Gasteiger partial charge is 0.338 e. The van der Waals surface area contributed by atoms with Gasteiger partial charge in [-0.1, -0.05) is 18.2 Å². The second-order valence-corrected chi connectivity index (χ2v) is 7.44. The summed E-state index contributed by atoms with van der Waals surface area (Å²) in [5.41, 5.74) is 0.935. The van der Waals surface area contributed by atoms with Gasteiger partial charge in [-0.3, -0.25) is 9.59 Å². The standard InChI is InChI=1S/C22H22N2O5/c1-3-28-21(27)13-8-10-14(11-9-13)23-19(25)18-16-12-22(2,24-20(18)26)29-17-7-5-4-6-15(16)17/h4-11,16,18H,3,12H2,1-2H3,(H,23,25)(H,24,26)/t16-,18-,22+/m0/s1. The molecule has 150 valence electrons. The summed E-state index contributed by atoms with van der Waals surface area (Å²) in [5, 5.41) is 5.63. The van der Waals surface area contributed by atoms with Gasteiger partial charge in [0, 0.05) is 18.0 Å². The van der Waals surface area contributed by atoms with E-state index in [2.05, 4.69) is 10.6 Å². The summed E-state index contributed by atoms with van der Waals surface area (Å²) < 4.78 is 10.9.